The summed E-state index contributed by atoms with van der Waals surface area (Å²) in [4.78, 5) is 31.5. The number of benzene rings is 1. The number of urea groups is 1. The molecular weight excluding hydrogens is 494 g/mol. The number of nitrogens with zero attached hydrogens (tertiary/aromatic N) is 2. The molecule has 0 bridgehead atoms. The van der Waals surface area contributed by atoms with Crippen molar-refractivity contribution < 1.29 is 40.6 Å². The summed E-state index contributed by atoms with van der Waals surface area (Å²) in [5.41, 5.74) is -0.225. The van der Waals surface area contributed by atoms with Crippen LogP contribution in [0.4, 0.5) is 10.7 Å². The zero-order valence-corrected chi connectivity index (χ0v) is 19.8. The molecule has 0 aliphatic heterocycles. The van der Waals surface area contributed by atoms with Gasteiger partial charge in [0.1, 0.15) is 4.90 Å². The molecule has 0 spiro atoms. The van der Waals surface area contributed by atoms with Gasteiger partial charge in [0.05, 0.1) is 33.0 Å². The number of amides is 2. The van der Waals surface area contributed by atoms with Crippen molar-refractivity contribution in [1.29, 1.82) is 0 Å². The molecule has 0 aliphatic carbocycles. The first-order chi connectivity index (χ1) is 15.9. The van der Waals surface area contributed by atoms with Crippen LogP contribution in [-0.4, -0.2) is 60.1 Å². The predicted molar refractivity (Wildman–Crippen MR) is 118 cm³/mol. The van der Waals surface area contributed by atoms with Crippen molar-refractivity contribution in [2.45, 2.75) is 11.4 Å². The molecule has 0 aliphatic rings. The Morgan fingerprint density at radius 1 is 1.03 bits per heavy atom. The molecule has 2 aromatic rings. The van der Waals surface area contributed by atoms with E-state index in [2.05, 4.69) is 31.3 Å². The number of methoxy groups -OCH3 is 3. The van der Waals surface area contributed by atoms with Gasteiger partial charge in [-0.3, -0.25) is 5.32 Å². The topological polar surface area (TPSA) is 192 Å². The van der Waals surface area contributed by atoms with E-state index in [1.54, 1.807) is 4.72 Å². The number of ether oxygens (including phenoxy) is 3. The maximum Gasteiger partial charge on any atom is 0.339 e. The normalized spacial score (nSPS) is 11.3. The Morgan fingerprint density at radius 2 is 1.65 bits per heavy atom. The van der Waals surface area contributed by atoms with Gasteiger partial charge >= 0.3 is 12.0 Å². The lowest BCUT2D eigenvalue weighted by Crippen LogP contribution is -2.35. The minimum absolute atomic E-state index is 0.0349. The zero-order chi connectivity index (χ0) is 25.5. The van der Waals surface area contributed by atoms with Crippen LogP contribution in [0.2, 0.25) is 0 Å². The third-order valence-corrected chi connectivity index (χ3v) is 6.34. The van der Waals surface area contributed by atoms with Crippen LogP contribution >= 0.6 is 0 Å². The summed E-state index contributed by atoms with van der Waals surface area (Å²) in [5, 5.41) is 2.79. The molecule has 1 heterocycles. The average Bonchev–Trinajstić information content (AvgIpc) is 2.81. The average molecular weight is 516 g/mol. The van der Waals surface area contributed by atoms with E-state index >= 15 is 0 Å². The van der Waals surface area contributed by atoms with Gasteiger partial charge in [-0.25, -0.2) is 35.9 Å². The Kier molecular flexibility index (Phi) is 8.50. The molecule has 14 nitrogen and oxygen atoms in total. The fourth-order valence-corrected chi connectivity index (χ4v) is 4.03. The molecular formula is C18H21N5O9S2. The Morgan fingerprint density at radius 3 is 2.18 bits per heavy atom. The van der Waals surface area contributed by atoms with Crippen molar-refractivity contribution in [1.82, 2.24) is 19.4 Å². The summed E-state index contributed by atoms with van der Waals surface area (Å²) in [6.45, 7) is 2.83. The molecule has 2 rings (SSSR count). The van der Waals surface area contributed by atoms with Gasteiger partial charge in [0.15, 0.2) is 0 Å². The number of carbonyl (C=O) groups excluding carboxylic acids is 2. The highest BCUT2D eigenvalue weighted by Crippen LogP contribution is 2.20. The van der Waals surface area contributed by atoms with E-state index < -0.39 is 42.5 Å². The third kappa shape index (κ3) is 6.87. The molecule has 1 aromatic heterocycles. The lowest BCUT2D eigenvalue weighted by atomic mass is 10.1. The first-order valence-electron chi connectivity index (χ1n) is 9.09. The summed E-state index contributed by atoms with van der Waals surface area (Å²) in [5.74, 6) is -1.26. The van der Waals surface area contributed by atoms with E-state index in [9.17, 15) is 26.4 Å². The lowest BCUT2D eigenvalue weighted by Gasteiger charge is -2.13. The molecule has 3 N–H and O–H groups in total. The van der Waals surface area contributed by atoms with Crippen LogP contribution in [0.1, 0.15) is 15.9 Å². The first kappa shape index (κ1) is 26.5. The van der Waals surface area contributed by atoms with Gasteiger partial charge in [-0.15, -0.1) is 0 Å². The highest BCUT2D eigenvalue weighted by molar-refractivity contribution is 7.92. The van der Waals surface area contributed by atoms with Crippen molar-refractivity contribution in [2.75, 3.05) is 26.6 Å². The van der Waals surface area contributed by atoms with E-state index in [4.69, 9.17) is 9.47 Å². The lowest BCUT2D eigenvalue weighted by molar-refractivity contribution is 0.0596. The molecule has 1 aromatic carbocycles. The minimum Gasteiger partial charge on any atom is -0.481 e. The van der Waals surface area contributed by atoms with Crippen molar-refractivity contribution in [3.8, 4) is 11.8 Å². The molecule has 184 valence electrons. The summed E-state index contributed by atoms with van der Waals surface area (Å²) in [6, 6.07) is 3.51. The van der Waals surface area contributed by atoms with Gasteiger partial charge in [-0.05, 0) is 17.7 Å². The van der Waals surface area contributed by atoms with Crippen LogP contribution in [0.3, 0.4) is 0 Å². The fourth-order valence-electron chi connectivity index (χ4n) is 2.39. The Balaban J connectivity index is 2.35. The van der Waals surface area contributed by atoms with E-state index in [0.29, 0.717) is 5.41 Å². The maximum absolute atomic E-state index is 12.9. The number of carbonyl (C=O) groups is 2. The molecule has 0 unspecified atom stereocenters. The van der Waals surface area contributed by atoms with Gasteiger partial charge in [0.2, 0.25) is 27.7 Å². The van der Waals surface area contributed by atoms with Crippen molar-refractivity contribution in [3.63, 3.8) is 0 Å². The van der Waals surface area contributed by atoms with Crippen LogP contribution in [0, 0.1) is 0 Å². The van der Waals surface area contributed by atoms with Crippen molar-refractivity contribution in [2.24, 2.45) is 0 Å². The molecule has 0 saturated carbocycles. The highest BCUT2D eigenvalue weighted by atomic mass is 32.2. The second kappa shape index (κ2) is 10.9. The van der Waals surface area contributed by atoms with Crippen LogP contribution in [0.5, 0.6) is 11.8 Å². The van der Waals surface area contributed by atoms with E-state index in [1.165, 1.54) is 26.4 Å². The molecule has 0 atom stereocenters. The minimum atomic E-state index is -4.66. The van der Waals surface area contributed by atoms with E-state index in [0.717, 1.165) is 19.2 Å². The maximum atomic E-state index is 12.9. The Hall–Kier alpha value is -3.76. The Bertz CT molecular complexity index is 1290. The van der Waals surface area contributed by atoms with Gasteiger partial charge in [0, 0.05) is 12.0 Å². The summed E-state index contributed by atoms with van der Waals surface area (Å²) in [7, 11) is -4.80. The molecule has 2 amide bonds. The predicted octanol–water partition coefficient (Wildman–Crippen LogP) is 0.354. The number of rotatable bonds is 10. The third-order valence-electron chi connectivity index (χ3n) is 3.99. The van der Waals surface area contributed by atoms with Gasteiger partial charge in [0.25, 0.3) is 10.0 Å². The largest absolute Gasteiger partial charge is 0.481 e. The molecule has 16 heteroatoms. The fraction of sp³-hybridized carbons (Fsp3) is 0.222. The second-order valence-corrected chi connectivity index (χ2v) is 9.55. The van der Waals surface area contributed by atoms with Crippen LogP contribution < -0.4 is 24.2 Å². The smallest absolute Gasteiger partial charge is 0.339 e. The van der Waals surface area contributed by atoms with Crippen molar-refractivity contribution in [3.05, 3.63) is 47.4 Å². The Labute approximate surface area is 195 Å². The number of nitrogens with one attached hydrogen (secondary N) is 3. The molecule has 0 fully saturated rings. The van der Waals surface area contributed by atoms with E-state index in [-0.39, 0.29) is 29.8 Å². The molecule has 0 saturated heterocycles. The number of esters is 1. The highest BCUT2D eigenvalue weighted by Gasteiger charge is 2.26. The van der Waals surface area contributed by atoms with E-state index in [1.807, 2.05) is 0 Å². The van der Waals surface area contributed by atoms with Gasteiger partial charge < -0.3 is 14.2 Å². The summed E-state index contributed by atoms with van der Waals surface area (Å²) in [6.07, 6.45) is 0. The number of hydrogen-bond acceptors (Lipinski definition) is 11. The van der Waals surface area contributed by atoms with Crippen LogP contribution in [-0.2, 0) is 31.3 Å². The summed E-state index contributed by atoms with van der Waals surface area (Å²) >= 11 is 0. The SMILES string of the molecule is C=CS(=O)(=O)NCc1ccc(C(=O)OC)c(S(=O)(=O)NC(=O)Nc2nc(OC)cc(OC)n2)c1. The number of hydrogen-bond donors (Lipinski definition) is 3. The number of sulfonamides is 2. The molecule has 0 radical (unpaired) electrons. The summed E-state index contributed by atoms with van der Waals surface area (Å²) < 4.78 is 67.3. The second-order valence-electron chi connectivity index (χ2n) is 6.19. The number of anilines is 1. The zero-order valence-electron chi connectivity index (χ0n) is 18.2. The number of aromatic nitrogens is 2. The first-order valence-corrected chi connectivity index (χ1v) is 12.1. The van der Waals surface area contributed by atoms with Gasteiger partial charge in [-0.2, -0.15) is 9.97 Å². The quantitative estimate of drug-likeness (QED) is 0.370. The van der Waals surface area contributed by atoms with Crippen LogP contribution in [0.25, 0.3) is 0 Å². The molecule has 34 heavy (non-hydrogen) atoms. The van der Waals surface area contributed by atoms with Crippen LogP contribution in [0.15, 0.2) is 41.1 Å². The van der Waals surface area contributed by atoms with Crippen molar-refractivity contribution >= 4 is 38.0 Å². The standard InChI is InChI=1S/C18H21N5O9S2/c1-5-33(26,27)19-10-11-6-7-12(16(24)32-4)13(8-11)34(28,29)23-18(25)22-17-20-14(30-2)9-15(21-17)31-3/h5-9,19H,1,10H2,2-4H3,(H2,20,21,22,23,25). The monoisotopic (exact) mass is 515 g/mol. The van der Waals surface area contributed by atoms with Gasteiger partial charge in [-0.1, -0.05) is 12.6 Å².